The van der Waals surface area contributed by atoms with Gasteiger partial charge in [0.25, 0.3) is 0 Å². The number of aliphatic hydroxyl groups excluding tert-OH is 1. The number of benzene rings is 2. The molecule has 0 saturated heterocycles. The molecule has 0 bridgehead atoms. The van der Waals surface area contributed by atoms with Crippen LogP contribution in [-0.4, -0.2) is 40.1 Å². The largest absolute Gasteiger partial charge is 0.478 e. The molecule has 2 aromatic rings. The molecule has 0 aromatic heterocycles. The van der Waals surface area contributed by atoms with Crippen molar-refractivity contribution in [1.29, 1.82) is 0 Å². The van der Waals surface area contributed by atoms with E-state index in [1.54, 1.807) is 23.1 Å². The number of carboxylic acid groups (broad SMARTS) is 1. The monoisotopic (exact) mass is 341 g/mol. The van der Waals surface area contributed by atoms with Crippen molar-refractivity contribution >= 4 is 11.9 Å². The SMILES string of the molecule is CCN(CC(O)c1ccc(C)cc1)C(=O)Cc1ccccc1C(=O)O. The molecular weight excluding hydrogens is 318 g/mol. The maximum absolute atomic E-state index is 12.6. The highest BCUT2D eigenvalue weighted by Gasteiger charge is 2.20. The molecule has 0 aliphatic heterocycles. The van der Waals surface area contributed by atoms with Gasteiger partial charge in [0.2, 0.25) is 5.91 Å². The maximum atomic E-state index is 12.6. The highest BCUT2D eigenvalue weighted by atomic mass is 16.4. The van der Waals surface area contributed by atoms with E-state index in [-0.39, 0.29) is 24.4 Å². The van der Waals surface area contributed by atoms with E-state index >= 15 is 0 Å². The van der Waals surface area contributed by atoms with Crippen LogP contribution in [0.25, 0.3) is 0 Å². The van der Waals surface area contributed by atoms with Crippen LogP contribution in [0.3, 0.4) is 0 Å². The Bertz CT molecular complexity index is 740. The Balaban J connectivity index is 2.08. The Hall–Kier alpha value is -2.66. The second kappa shape index (κ2) is 8.44. The van der Waals surface area contributed by atoms with Crippen molar-refractivity contribution in [2.24, 2.45) is 0 Å². The number of aryl methyl sites for hydroxylation is 1. The highest BCUT2D eigenvalue weighted by molar-refractivity contribution is 5.91. The lowest BCUT2D eigenvalue weighted by molar-refractivity contribution is -0.131. The number of amides is 1. The molecule has 0 fully saturated rings. The number of carbonyl (C=O) groups excluding carboxylic acids is 1. The van der Waals surface area contributed by atoms with Crippen LogP contribution >= 0.6 is 0 Å². The fourth-order valence-corrected chi connectivity index (χ4v) is 2.67. The third kappa shape index (κ3) is 4.90. The van der Waals surface area contributed by atoms with Gasteiger partial charge in [0.15, 0.2) is 0 Å². The van der Waals surface area contributed by atoms with Crippen molar-refractivity contribution in [3.05, 3.63) is 70.8 Å². The van der Waals surface area contributed by atoms with Gasteiger partial charge in [0.1, 0.15) is 0 Å². The van der Waals surface area contributed by atoms with E-state index in [2.05, 4.69) is 0 Å². The second-order valence-electron chi connectivity index (χ2n) is 6.00. The molecule has 2 aromatic carbocycles. The number of aromatic carboxylic acids is 1. The summed E-state index contributed by atoms with van der Waals surface area (Å²) in [6, 6.07) is 14.0. The predicted molar refractivity (Wildman–Crippen MR) is 95.5 cm³/mol. The molecule has 1 amide bonds. The molecule has 2 rings (SSSR count). The zero-order chi connectivity index (χ0) is 18.4. The molecular formula is C20H23NO4. The van der Waals surface area contributed by atoms with Gasteiger partial charge >= 0.3 is 5.97 Å². The van der Waals surface area contributed by atoms with Gasteiger partial charge < -0.3 is 15.1 Å². The highest BCUT2D eigenvalue weighted by Crippen LogP contribution is 2.17. The van der Waals surface area contributed by atoms with Crippen LogP contribution in [0.5, 0.6) is 0 Å². The van der Waals surface area contributed by atoms with Gasteiger partial charge in [-0.05, 0) is 31.0 Å². The summed E-state index contributed by atoms with van der Waals surface area (Å²) in [5.41, 5.74) is 2.46. The minimum absolute atomic E-state index is 0.00304. The van der Waals surface area contributed by atoms with Crippen LogP contribution in [0.15, 0.2) is 48.5 Å². The Labute approximate surface area is 147 Å². The van der Waals surface area contributed by atoms with E-state index in [4.69, 9.17) is 0 Å². The van der Waals surface area contributed by atoms with E-state index in [9.17, 15) is 19.8 Å². The Morgan fingerprint density at radius 1 is 1.08 bits per heavy atom. The fraction of sp³-hybridized carbons (Fsp3) is 0.300. The summed E-state index contributed by atoms with van der Waals surface area (Å²) in [6.45, 7) is 4.42. The van der Waals surface area contributed by atoms with E-state index in [1.165, 1.54) is 6.07 Å². The first-order valence-corrected chi connectivity index (χ1v) is 8.26. The van der Waals surface area contributed by atoms with E-state index < -0.39 is 12.1 Å². The number of hydrogen-bond acceptors (Lipinski definition) is 3. The average molecular weight is 341 g/mol. The van der Waals surface area contributed by atoms with Crippen LogP contribution in [0, 0.1) is 6.92 Å². The number of rotatable bonds is 7. The van der Waals surface area contributed by atoms with Crippen molar-refractivity contribution in [3.8, 4) is 0 Å². The Morgan fingerprint density at radius 2 is 1.72 bits per heavy atom. The van der Waals surface area contributed by atoms with Crippen molar-refractivity contribution in [1.82, 2.24) is 4.90 Å². The lowest BCUT2D eigenvalue weighted by Crippen LogP contribution is -2.36. The first kappa shape index (κ1) is 18.7. The molecule has 25 heavy (non-hydrogen) atoms. The maximum Gasteiger partial charge on any atom is 0.335 e. The molecule has 0 aliphatic rings. The minimum Gasteiger partial charge on any atom is -0.478 e. The summed E-state index contributed by atoms with van der Waals surface area (Å²) in [6.07, 6.45) is -0.782. The molecule has 0 saturated carbocycles. The fourth-order valence-electron chi connectivity index (χ4n) is 2.67. The lowest BCUT2D eigenvalue weighted by atomic mass is 10.0. The average Bonchev–Trinajstić information content (AvgIpc) is 2.60. The zero-order valence-corrected chi connectivity index (χ0v) is 14.5. The number of carbonyl (C=O) groups is 2. The normalized spacial score (nSPS) is 11.8. The van der Waals surface area contributed by atoms with Crippen molar-refractivity contribution in [3.63, 3.8) is 0 Å². The van der Waals surface area contributed by atoms with Crippen LogP contribution < -0.4 is 0 Å². The van der Waals surface area contributed by atoms with Gasteiger partial charge in [-0.1, -0.05) is 48.0 Å². The van der Waals surface area contributed by atoms with Gasteiger partial charge in [0.05, 0.1) is 24.6 Å². The van der Waals surface area contributed by atoms with Crippen LogP contribution in [-0.2, 0) is 11.2 Å². The molecule has 0 heterocycles. The zero-order valence-electron chi connectivity index (χ0n) is 14.5. The summed E-state index contributed by atoms with van der Waals surface area (Å²) in [4.78, 5) is 25.4. The van der Waals surface area contributed by atoms with Gasteiger partial charge in [-0.25, -0.2) is 4.79 Å². The van der Waals surface area contributed by atoms with Crippen molar-refractivity contribution in [2.45, 2.75) is 26.4 Å². The standard InChI is InChI=1S/C20H23NO4/c1-3-21(13-18(22)15-10-8-14(2)9-11-15)19(23)12-16-6-4-5-7-17(16)20(24)25/h4-11,18,22H,3,12-13H2,1-2H3,(H,24,25). The number of aliphatic hydroxyl groups is 1. The van der Waals surface area contributed by atoms with Crippen molar-refractivity contribution < 1.29 is 19.8 Å². The van der Waals surface area contributed by atoms with E-state index in [1.807, 2.05) is 38.1 Å². The first-order valence-electron chi connectivity index (χ1n) is 8.26. The number of likely N-dealkylation sites (N-methyl/N-ethyl adjacent to an activating group) is 1. The Morgan fingerprint density at radius 3 is 2.32 bits per heavy atom. The number of nitrogens with zero attached hydrogens (tertiary/aromatic N) is 1. The van der Waals surface area contributed by atoms with E-state index in [0.29, 0.717) is 12.1 Å². The van der Waals surface area contributed by atoms with Gasteiger partial charge in [-0.3, -0.25) is 4.79 Å². The topological polar surface area (TPSA) is 77.8 Å². The molecule has 0 aliphatic carbocycles. The van der Waals surface area contributed by atoms with Gasteiger partial charge in [-0.2, -0.15) is 0 Å². The molecule has 0 radical (unpaired) electrons. The minimum atomic E-state index is -1.05. The second-order valence-corrected chi connectivity index (χ2v) is 6.00. The molecule has 5 heteroatoms. The quantitative estimate of drug-likeness (QED) is 0.812. The van der Waals surface area contributed by atoms with Crippen LogP contribution in [0.1, 0.15) is 40.1 Å². The summed E-state index contributed by atoms with van der Waals surface area (Å²) in [5, 5.41) is 19.6. The summed E-state index contributed by atoms with van der Waals surface area (Å²) >= 11 is 0. The van der Waals surface area contributed by atoms with Gasteiger partial charge in [0, 0.05) is 6.54 Å². The molecule has 0 spiro atoms. The summed E-state index contributed by atoms with van der Waals surface area (Å²) in [5.74, 6) is -1.26. The third-order valence-corrected chi connectivity index (χ3v) is 4.18. The lowest BCUT2D eigenvalue weighted by Gasteiger charge is -2.24. The molecule has 5 nitrogen and oxygen atoms in total. The summed E-state index contributed by atoms with van der Waals surface area (Å²) < 4.78 is 0. The Kier molecular flexibility index (Phi) is 6.31. The van der Waals surface area contributed by atoms with Gasteiger partial charge in [-0.15, -0.1) is 0 Å². The molecule has 132 valence electrons. The van der Waals surface area contributed by atoms with Crippen molar-refractivity contribution in [2.75, 3.05) is 13.1 Å². The molecule has 2 N–H and O–H groups in total. The molecule has 1 unspecified atom stereocenters. The van der Waals surface area contributed by atoms with E-state index in [0.717, 1.165) is 11.1 Å². The number of carboxylic acids is 1. The number of hydrogen-bond donors (Lipinski definition) is 2. The van der Waals surface area contributed by atoms with Crippen LogP contribution in [0.2, 0.25) is 0 Å². The first-order chi connectivity index (χ1) is 11.9. The smallest absolute Gasteiger partial charge is 0.335 e. The van der Waals surface area contributed by atoms with Crippen LogP contribution in [0.4, 0.5) is 0 Å². The molecule has 1 atom stereocenters. The third-order valence-electron chi connectivity index (χ3n) is 4.18. The summed E-state index contributed by atoms with van der Waals surface area (Å²) in [7, 11) is 0. The predicted octanol–water partition coefficient (Wildman–Crippen LogP) is 2.82.